The van der Waals surface area contributed by atoms with Crippen molar-refractivity contribution in [3.63, 3.8) is 0 Å². The second-order valence-electron chi connectivity index (χ2n) is 7.39. The third-order valence-electron chi connectivity index (χ3n) is 4.02. The van der Waals surface area contributed by atoms with Crippen LogP contribution in [-0.4, -0.2) is 15.4 Å². The van der Waals surface area contributed by atoms with E-state index in [0.717, 1.165) is 11.1 Å². The van der Waals surface area contributed by atoms with E-state index in [9.17, 15) is 4.55 Å². The van der Waals surface area contributed by atoms with E-state index in [2.05, 4.69) is 42.0 Å². The lowest BCUT2D eigenvalue weighted by atomic mass is 10.0. The normalized spacial score (nSPS) is 15.6. The Kier molecular flexibility index (Phi) is 7.08. The van der Waals surface area contributed by atoms with Crippen LogP contribution in [0, 0.1) is 6.92 Å². The summed E-state index contributed by atoms with van der Waals surface area (Å²) in [4.78, 5) is 0. The van der Waals surface area contributed by atoms with Crippen LogP contribution in [0.25, 0.3) is 0 Å². The molecule has 2 aromatic rings. The standard InChI is InChI=1S/C21H29NO2S/c1-16-10-9-13-19(14-16)20(22-25(23)21(3,4)5)17(2)24-15-18-11-7-6-8-12-18/h6-14,17,20,22H,15H2,1-5H3/t17-,20+,25?/m0/s1. The Morgan fingerprint density at radius 3 is 2.36 bits per heavy atom. The molecule has 1 N–H and O–H groups in total. The zero-order valence-electron chi connectivity index (χ0n) is 15.8. The van der Waals surface area contributed by atoms with Crippen LogP contribution in [0.15, 0.2) is 54.6 Å². The zero-order chi connectivity index (χ0) is 18.4. The monoisotopic (exact) mass is 359 g/mol. The highest BCUT2D eigenvalue weighted by Crippen LogP contribution is 2.25. The summed E-state index contributed by atoms with van der Waals surface area (Å²) >= 11 is -1.17. The van der Waals surface area contributed by atoms with Crippen molar-refractivity contribution in [2.45, 2.75) is 58.1 Å². The molecule has 136 valence electrons. The number of ether oxygens (including phenoxy) is 1. The van der Waals surface area contributed by atoms with Crippen molar-refractivity contribution in [3.05, 3.63) is 71.3 Å². The van der Waals surface area contributed by atoms with Crippen LogP contribution in [0.3, 0.4) is 0 Å². The van der Waals surface area contributed by atoms with Crippen molar-refractivity contribution < 1.29 is 9.29 Å². The summed E-state index contributed by atoms with van der Waals surface area (Å²) < 4.78 is 21.7. The van der Waals surface area contributed by atoms with Crippen molar-refractivity contribution in [1.29, 1.82) is 0 Å². The van der Waals surface area contributed by atoms with Crippen LogP contribution in [0.2, 0.25) is 0 Å². The van der Waals surface area contributed by atoms with Gasteiger partial charge in [-0.05, 0) is 45.7 Å². The molecule has 25 heavy (non-hydrogen) atoms. The van der Waals surface area contributed by atoms with Crippen molar-refractivity contribution in [2.24, 2.45) is 0 Å². The quantitative estimate of drug-likeness (QED) is 0.729. The molecule has 3 atom stereocenters. The third kappa shape index (κ3) is 6.15. The number of benzene rings is 2. The molecule has 0 aliphatic carbocycles. The summed E-state index contributed by atoms with van der Waals surface area (Å²) in [6.07, 6.45) is -0.117. The minimum atomic E-state index is -1.17. The minimum absolute atomic E-state index is 0.117. The van der Waals surface area contributed by atoms with E-state index in [0.29, 0.717) is 6.61 Å². The molecule has 0 radical (unpaired) electrons. The molecule has 1 unspecified atom stereocenters. The van der Waals surface area contributed by atoms with E-state index in [4.69, 9.17) is 4.74 Å². The lowest BCUT2D eigenvalue weighted by Gasteiger charge is -2.31. The predicted molar refractivity (Wildman–Crippen MR) is 106 cm³/mol. The van der Waals surface area contributed by atoms with Gasteiger partial charge in [0, 0.05) is 11.4 Å². The molecular weight excluding hydrogens is 330 g/mol. The number of hydrogen-bond donors (Lipinski definition) is 1. The fourth-order valence-corrected chi connectivity index (χ4v) is 3.40. The number of nitrogens with one attached hydrogen (secondary N) is 1. The van der Waals surface area contributed by atoms with Gasteiger partial charge in [0.05, 0.1) is 12.7 Å². The topological polar surface area (TPSA) is 44.3 Å². The lowest BCUT2D eigenvalue weighted by molar-refractivity contribution is 0.0317. The van der Waals surface area contributed by atoms with Crippen LogP contribution in [0.5, 0.6) is 0 Å². The van der Waals surface area contributed by atoms with Crippen LogP contribution in [-0.2, 0) is 22.7 Å². The van der Waals surface area contributed by atoms with Crippen LogP contribution < -0.4 is 4.72 Å². The molecule has 0 spiro atoms. The average molecular weight is 360 g/mol. The van der Waals surface area contributed by atoms with Gasteiger partial charge in [-0.1, -0.05) is 60.2 Å². The van der Waals surface area contributed by atoms with Crippen molar-refractivity contribution in [2.75, 3.05) is 0 Å². The molecule has 3 nitrogen and oxygen atoms in total. The summed E-state index contributed by atoms with van der Waals surface area (Å²) in [6.45, 7) is 10.5. The van der Waals surface area contributed by atoms with Crippen LogP contribution in [0.4, 0.5) is 0 Å². The van der Waals surface area contributed by atoms with E-state index in [1.807, 2.05) is 52.0 Å². The molecule has 0 fully saturated rings. The highest BCUT2D eigenvalue weighted by molar-refractivity contribution is 7.90. The SMILES string of the molecule is Cc1cccc([C@H](N[S+]([O-])C(C)(C)C)[C@H](C)OCc2ccccc2)c1. The van der Waals surface area contributed by atoms with Gasteiger partial charge in [-0.25, -0.2) is 0 Å². The molecule has 0 heterocycles. The smallest absolute Gasteiger partial charge is 0.136 e. The van der Waals surface area contributed by atoms with E-state index in [1.165, 1.54) is 5.56 Å². The highest BCUT2D eigenvalue weighted by Gasteiger charge is 2.32. The molecule has 2 aromatic carbocycles. The Morgan fingerprint density at radius 2 is 1.76 bits per heavy atom. The maximum Gasteiger partial charge on any atom is 0.136 e. The molecule has 0 aromatic heterocycles. The first-order chi connectivity index (χ1) is 11.8. The van der Waals surface area contributed by atoms with E-state index in [1.54, 1.807) is 0 Å². The van der Waals surface area contributed by atoms with Crippen LogP contribution >= 0.6 is 0 Å². The Labute approximate surface area is 155 Å². The number of aryl methyl sites for hydroxylation is 1. The Bertz CT molecular complexity index is 654. The Balaban J connectivity index is 2.15. The van der Waals surface area contributed by atoms with Crippen molar-refractivity contribution in [3.8, 4) is 0 Å². The number of rotatable bonds is 7. The fourth-order valence-electron chi connectivity index (χ4n) is 2.49. The third-order valence-corrected chi connectivity index (χ3v) is 5.60. The second kappa shape index (κ2) is 8.86. The van der Waals surface area contributed by atoms with Crippen LogP contribution in [0.1, 0.15) is 50.4 Å². The maximum absolute atomic E-state index is 12.7. The highest BCUT2D eigenvalue weighted by atomic mass is 32.2. The first-order valence-corrected chi connectivity index (χ1v) is 9.82. The fraction of sp³-hybridized carbons (Fsp3) is 0.429. The lowest BCUT2D eigenvalue weighted by Crippen LogP contribution is -2.44. The van der Waals surface area contributed by atoms with Gasteiger partial charge in [0.25, 0.3) is 0 Å². The molecule has 2 rings (SSSR count). The molecule has 0 amide bonds. The maximum atomic E-state index is 12.7. The summed E-state index contributed by atoms with van der Waals surface area (Å²) in [5.74, 6) is 0. The van der Waals surface area contributed by atoms with E-state index < -0.39 is 11.4 Å². The van der Waals surface area contributed by atoms with E-state index in [-0.39, 0.29) is 16.9 Å². The van der Waals surface area contributed by atoms with Gasteiger partial charge in [-0.15, -0.1) is 4.72 Å². The van der Waals surface area contributed by atoms with Gasteiger partial charge in [0.2, 0.25) is 0 Å². The van der Waals surface area contributed by atoms with Gasteiger partial charge in [-0.3, -0.25) is 0 Å². The van der Waals surface area contributed by atoms with Gasteiger partial charge in [0.15, 0.2) is 0 Å². The molecule has 0 bridgehead atoms. The van der Waals surface area contributed by atoms with Gasteiger partial charge < -0.3 is 9.29 Å². The zero-order valence-corrected chi connectivity index (χ0v) is 16.6. The largest absolute Gasteiger partial charge is 0.598 e. The molecule has 4 heteroatoms. The minimum Gasteiger partial charge on any atom is -0.598 e. The first-order valence-electron chi connectivity index (χ1n) is 8.67. The summed E-state index contributed by atoms with van der Waals surface area (Å²) in [5.41, 5.74) is 3.41. The van der Waals surface area contributed by atoms with E-state index >= 15 is 0 Å². The molecular formula is C21H29NO2S. The second-order valence-corrected chi connectivity index (χ2v) is 9.39. The molecule has 0 saturated carbocycles. The summed E-state index contributed by atoms with van der Waals surface area (Å²) in [5, 5.41) is 0. The Morgan fingerprint density at radius 1 is 1.08 bits per heavy atom. The Hall–Kier alpha value is -1.33. The van der Waals surface area contributed by atoms with Crippen molar-refractivity contribution >= 4 is 11.4 Å². The van der Waals surface area contributed by atoms with Gasteiger partial charge >= 0.3 is 0 Å². The van der Waals surface area contributed by atoms with Gasteiger partial charge in [0.1, 0.15) is 10.8 Å². The molecule has 0 saturated heterocycles. The predicted octanol–water partition coefficient (Wildman–Crippen LogP) is 4.69. The summed E-state index contributed by atoms with van der Waals surface area (Å²) in [6, 6.07) is 18.3. The number of hydrogen-bond acceptors (Lipinski definition) is 3. The van der Waals surface area contributed by atoms with Gasteiger partial charge in [-0.2, -0.15) is 0 Å². The average Bonchev–Trinajstić information content (AvgIpc) is 2.57. The summed E-state index contributed by atoms with van der Waals surface area (Å²) in [7, 11) is 0. The first kappa shape index (κ1) is 20.0. The van der Waals surface area contributed by atoms with Crippen molar-refractivity contribution in [1.82, 2.24) is 4.72 Å². The molecule has 0 aliphatic heterocycles. The molecule has 0 aliphatic rings.